The molecule has 1 heterocycles. The van der Waals surface area contributed by atoms with Crippen LogP contribution in [0, 0.1) is 0 Å². The highest BCUT2D eigenvalue weighted by molar-refractivity contribution is 6.18. The van der Waals surface area contributed by atoms with Gasteiger partial charge in [-0.05, 0) is 38.0 Å². The number of carbonyl (C=O) groups excluding carboxylic acids is 1. The third-order valence-electron chi connectivity index (χ3n) is 2.92. The van der Waals surface area contributed by atoms with Crippen molar-refractivity contribution in [2.75, 3.05) is 12.9 Å². The highest BCUT2D eigenvalue weighted by Gasteiger charge is 2.28. The van der Waals surface area contributed by atoms with Gasteiger partial charge in [0.1, 0.15) is 0 Å². The molecular formula is C14H21ClN2O3. The van der Waals surface area contributed by atoms with Gasteiger partial charge < -0.3 is 14.7 Å². The molecule has 6 heteroatoms. The van der Waals surface area contributed by atoms with E-state index in [2.05, 4.69) is 4.98 Å². The first kappa shape index (κ1) is 16.7. The lowest BCUT2D eigenvalue weighted by Crippen LogP contribution is -2.47. The molecule has 0 fully saturated rings. The van der Waals surface area contributed by atoms with Crippen LogP contribution in [0.25, 0.3) is 0 Å². The molecule has 0 radical (unpaired) electrons. The molecule has 0 aromatic carbocycles. The van der Waals surface area contributed by atoms with Gasteiger partial charge in [0.05, 0.1) is 24.1 Å². The second kappa shape index (κ2) is 8.07. The van der Waals surface area contributed by atoms with Gasteiger partial charge in [-0.15, -0.1) is 11.6 Å². The number of carbonyl (C=O) groups is 1. The summed E-state index contributed by atoms with van der Waals surface area (Å²) in [5.74, 6) is 0.0506. The predicted molar refractivity (Wildman–Crippen MR) is 77.8 cm³/mol. The molecular weight excluding hydrogens is 280 g/mol. The lowest BCUT2D eigenvalue weighted by atomic mass is 10.0. The van der Waals surface area contributed by atoms with E-state index in [0.29, 0.717) is 6.42 Å². The van der Waals surface area contributed by atoms with Gasteiger partial charge in [-0.25, -0.2) is 4.79 Å². The van der Waals surface area contributed by atoms with Crippen molar-refractivity contribution in [1.29, 1.82) is 0 Å². The number of rotatable bonds is 6. The van der Waals surface area contributed by atoms with Crippen molar-refractivity contribution in [3.8, 4) is 0 Å². The van der Waals surface area contributed by atoms with Gasteiger partial charge in [-0.2, -0.15) is 0 Å². The van der Waals surface area contributed by atoms with Crippen LogP contribution in [0.1, 0.15) is 19.4 Å². The first-order chi connectivity index (χ1) is 9.45. The number of nitrogens with zero attached hydrogens (tertiary/aromatic N) is 2. The lowest BCUT2D eigenvalue weighted by molar-refractivity contribution is 0.0400. The van der Waals surface area contributed by atoms with Gasteiger partial charge in [0.25, 0.3) is 0 Å². The van der Waals surface area contributed by atoms with Crippen molar-refractivity contribution in [3.63, 3.8) is 0 Å². The number of aliphatic hydroxyl groups is 1. The molecule has 5 nitrogen and oxygen atoms in total. The third kappa shape index (κ3) is 4.98. The van der Waals surface area contributed by atoms with Gasteiger partial charge in [0, 0.05) is 19.4 Å². The van der Waals surface area contributed by atoms with Crippen LogP contribution in [0.2, 0.25) is 0 Å². The SMILES string of the molecule is CC(C)OC(=O)N(C)C(Cc1ccncc1)C(O)CCl. The summed E-state index contributed by atoms with van der Waals surface area (Å²) < 4.78 is 5.15. The molecule has 20 heavy (non-hydrogen) atoms. The highest BCUT2D eigenvalue weighted by Crippen LogP contribution is 2.14. The molecule has 0 spiro atoms. The highest BCUT2D eigenvalue weighted by atomic mass is 35.5. The summed E-state index contributed by atoms with van der Waals surface area (Å²) in [7, 11) is 1.60. The maximum absolute atomic E-state index is 11.9. The molecule has 1 N–H and O–H groups in total. The van der Waals surface area contributed by atoms with E-state index in [9.17, 15) is 9.90 Å². The standard InChI is InChI=1S/C14H21ClN2O3/c1-10(2)20-14(19)17(3)12(13(18)9-15)8-11-4-6-16-7-5-11/h4-7,10,12-13,18H,8-9H2,1-3H3. The fourth-order valence-corrected chi connectivity index (χ4v) is 2.02. The third-order valence-corrected chi connectivity index (χ3v) is 3.23. The van der Waals surface area contributed by atoms with E-state index < -0.39 is 18.2 Å². The van der Waals surface area contributed by atoms with Crippen molar-refractivity contribution in [2.45, 2.75) is 38.5 Å². The Morgan fingerprint density at radius 2 is 2.05 bits per heavy atom. The number of hydrogen-bond donors (Lipinski definition) is 1. The fraction of sp³-hybridized carbons (Fsp3) is 0.571. The fourth-order valence-electron chi connectivity index (χ4n) is 1.81. The quantitative estimate of drug-likeness (QED) is 0.817. The lowest BCUT2D eigenvalue weighted by Gasteiger charge is -2.31. The van der Waals surface area contributed by atoms with Gasteiger partial charge in [-0.1, -0.05) is 0 Å². The Balaban J connectivity index is 2.81. The minimum Gasteiger partial charge on any atom is -0.447 e. The average Bonchev–Trinajstić information content (AvgIpc) is 2.43. The van der Waals surface area contributed by atoms with Crippen LogP contribution >= 0.6 is 11.6 Å². The Kier molecular flexibility index (Phi) is 6.75. The summed E-state index contributed by atoms with van der Waals surface area (Å²) in [6, 6.07) is 3.24. The zero-order valence-corrected chi connectivity index (χ0v) is 12.7. The van der Waals surface area contributed by atoms with Crippen molar-refractivity contribution >= 4 is 17.7 Å². The number of amides is 1. The number of aromatic nitrogens is 1. The monoisotopic (exact) mass is 300 g/mol. The van der Waals surface area contributed by atoms with Crippen LogP contribution in [0.3, 0.4) is 0 Å². The van der Waals surface area contributed by atoms with E-state index in [4.69, 9.17) is 16.3 Å². The smallest absolute Gasteiger partial charge is 0.410 e. The second-order valence-corrected chi connectivity index (χ2v) is 5.20. The molecule has 0 saturated carbocycles. The van der Waals surface area contributed by atoms with E-state index in [1.165, 1.54) is 4.90 Å². The number of aliphatic hydroxyl groups excluding tert-OH is 1. The second-order valence-electron chi connectivity index (χ2n) is 4.89. The van der Waals surface area contributed by atoms with E-state index in [0.717, 1.165) is 5.56 Å². The molecule has 0 aliphatic carbocycles. The Morgan fingerprint density at radius 3 is 2.55 bits per heavy atom. The first-order valence-corrected chi connectivity index (χ1v) is 7.05. The number of halogens is 1. The minimum atomic E-state index is -0.824. The van der Waals surface area contributed by atoms with E-state index >= 15 is 0 Å². The molecule has 1 aromatic heterocycles. The number of pyridine rings is 1. The zero-order valence-electron chi connectivity index (χ0n) is 12.0. The minimum absolute atomic E-state index is 0.0506. The Bertz CT molecular complexity index is 414. The predicted octanol–water partition coefficient (Wildman–Crippen LogP) is 2.07. The molecule has 0 saturated heterocycles. The number of ether oxygens (including phenoxy) is 1. The summed E-state index contributed by atoms with van der Waals surface area (Å²) in [6.45, 7) is 3.56. The van der Waals surface area contributed by atoms with Crippen LogP contribution in [0.5, 0.6) is 0 Å². The molecule has 1 aromatic rings. The summed E-state index contributed by atoms with van der Waals surface area (Å²) in [5.41, 5.74) is 0.971. The number of alkyl halides is 1. The van der Waals surface area contributed by atoms with Gasteiger partial charge in [-0.3, -0.25) is 4.98 Å². The van der Waals surface area contributed by atoms with Crippen molar-refractivity contribution < 1.29 is 14.6 Å². The van der Waals surface area contributed by atoms with Crippen LogP contribution in [-0.4, -0.2) is 52.3 Å². The summed E-state index contributed by atoms with van der Waals surface area (Å²) in [5, 5.41) is 10.0. The van der Waals surface area contributed by atoms with Crippen LogP contribution in [-0.2, 0) is 11.2 Å². The van der Waals surface area contributed by atoms with Gasteiger partial charge >= 0.3 is 6.09 Å². The Hall–Kier alpha value is -1.33. The maximum Gasteiger partial charge on any atom is 0.410 e. The molecule has 0 bridgehead atoms. The Labute approximate surface area is 124 Å². The van der Waals surface area contributed by atoms with Crippen molar-refractivity contribution in [2.24, 2.45) is 0 Å². The molecule has 2 unspecified atom stereocenters. The molecule has 112 valence electrons. The van der Waals surface area contributed by atoms with E-state index in [1.54, 1.807) is 33.3 Å². The van der Waals surface area contributed by atoms with Crippen molar-refractivity contribution in [3.05, 3.63) is 30.1 Å². The van der Waals surface area contributed by atoms with Crippen LogP contribution < -0.4 is 0 Å². The first-order valence-electron chi connectivity index (χ1n) is 6.52. The molecule has 1 amide bonds. The summed E-state index contributed by atoms with van der Waals surface area (Å²) in [6.07, 6.45) is 2.33. The summed E-state index contributed by atoms with van der Waals surface area (Å²) >= 11 is 5.73. The molecule has 2 atom stereocenters. The van der Waals surface area contributed by atoms with Gasteiger partial charge in [0.2, 0.25) is 0 Å². The molecule has 0 aliphatic rings. The van der Waals surface area contributed by atoms with E-state index in [-0.39, 0.29) is 12.0 Å². The van der Waals surface area contributed by atoms with E-state index in [1.807, 2.05) is 12.1 Å². The number of hydrogen-bond acceptors (Lipinski definition) is 4. The largest absolute Gasteiger partial charge is 0.447 e. The average molecular weight is 301 g/mol. The van der Waals surface area contributed by atoms with Crippen LogP contribution in [0.4, 0.5) is 4.79 Å². The van der Waals surface area contributed by atoms with Crippen molar-refractivity contribution in [1.82, 2.24) is 9.88 Å². The molecule has 1 rings (SSSR count). The topological polar surface area (TPSA) is 62.7 Å². The van der Waals surface area contributed by atoms with Crippen LogP contribution in [0.15, 0.2) is 24.5 Å². The Morgan fingerprint density at radius 1 is 1.45 bits per heavy atom. The van der Waals surface area contributed by atoms with Gasteiger partial charge in [0.15, 0.2) is 0 Å². The summed E-state index contributed by atoms with van der Waals surface area (Å²) in [4.78, 5) is 17.3. The molecule has 0 aliphatic heterocycles. The number of likely N-dealkylation sites (N-methyl/N-ethyl adjacent to an activating group) is 1. The zero-order chi connectivity index (χ0) is 15.1. The maximum atomic E-state index is 11.9. The normalized spacial score (nSPS) is 13.9.